The molecule has 0 saturated carbocycles. The van der Waals surface area contributed by atoms with E-state index in [1.165, 1.54) is 0 Å². The van der Waals surface area contributed by atoms with Crippen LogP contribution in [0.15, 0.2) is 10.6 Å². The van der Waals surface area contributed by atoms with Crippen LogP contribution in [0.25, 0.3) is 11.6 Å². The molecule has 2 rings (SSSR count). The van der Waals surface area contributed by atoms with Gasteiger partial charge in [0.1, 0.15) is 5.69 Å². The minimum atomic E-state index is 0.392. The van der Waals surface area contributed by atoms with Crippen molar-refractivity contribution in [3.05, 3.63) is 17.6 Å². The van der Waals surface area contributed by atoms with Gasteiger partial charge in [0.15, 0.2) is 5.82 Å². The number of aromatic nitrogens is 4. The van der Waals surface area contributed by atoms with Crippen molar-refractivity contribution in [3.8, 4) is 11.6 Å². The normalized spacial score (nSPS) is 11.4. The minimum Gasteiger partial charge on any atom is -0.332 e. The van der Waals surface area contributed by atoms with Gasteiger partial charge in [-0.1, -0.05) is 19.0 Å². The Morgan fingerprint density at radius 1 is 1.47 bits per heavy atom. The smallest absolute Gasteiger partial charge is 0.276 e. The lowest BCUT2D eigenvalue weighted by molar-refractivity contribution is 0.421. The van der Waals surface area contributed by atoms with E-state index in [1.807, 2.05) is 19.4 Å². The van der Waals surface area contributed by atoms with Gasteiger partial charge in [-0.3, -0.25) is 4.68 Å². The molecule has 0 atom stereocenters. The largest absolute Gasteiger partial charge is 0.332 e. The first-order valence-electron chi connectivity index (χ1n) is 5.47. The zero-order valence-corrected chi connectivity index (χ0v) is 11.3. The molecule has 2 aromatic heterocycles. The Hall–Kier alpha value is -1.30. The first-order chi connectivity index (χ1) is 8.11. The third-order valence-corrected chi connectivity index (χ3v) is 3.00. The lowest BCUT2D eigenvalue weighted by Crippen LogP contribution is -1.95. The van der Waals surface area contributed by atoms with Gasteiger partial charge >= 0.3 is 0 Å². The Bertz CT molecular complexity index is 503. The van der Waals surface area contributed by atoms with E-state index in [4.69, 9.17) is 4.52 Å². The molecule has 6 heteroatoms. The number of thioether (sulfide) groups is 1. The van der Waals surface area contributed by atoms with Gasteiger partial charge in [-0.2, -0.15) is 21.8 Å². The highest BCUT2D eigenvalue weighted by Gasteiger charge is 2.15. The van der Waals surface area contributed by atoms with E-state index in [-0.39, 0.29) is 0 Å². The predicted octanol–water partition coefficient (Wildman–Crippen LogP) is 2.46. The predicted molar refractivity (Wildman–Crippen MR) is 67.8 cm³/mol. The molecule has 0 bridgehead atoms. The number of nitrogens with zero attached hydrogens (tertiary/aromatic N) is 4. The quantitative estimate of drug-likeness (QED) is 0.836. The molecule has 5 nitrogen and oxygen atoms in total. The summed E-state index contributed by atoms with van der Waals surface area (Å²) >= 11 is 1.67. The molecule has 17 heavy (non-hydrogen) atoms. The summed E-state index contributed by atoms with van der Waals surface area (Å²) in [6.45, 7) is 4.22. The van der Waals surface area contributed by atoms with Crippen LogP contribution in [0.3, 0.4) is 0 Å². The Morgan fingerprint density at radius 2 is 2.24 bits per heavy atom. The van der Waals surface area contributed by atoms with Crippen LogP contribution in [0.2, 0.25) is 0 Å². The summed E-state index contributed by atoms with van der Waals surface area (Å²) < 4.78 is 7.03. The van der Waals surface area contributed by atoms with E-state index in [1.54, 1.807) is 16.4 Å². The first kappa shape index (κ1) is 12.2. The van der Waals surface area contributed by atoms with Crippen LogP contribution >= 0.6 is 11.8 Å². The summed E-state index contributed by atoms with van der Waals surface area (Å²) in [6, 6.07) is 2.00. The third kappa shape index (κ3) is 2.52. The van der Waals surface area contributed by atoms with Crippen LogP contribution in [0.5, 0.6) is 0 Å². The molecule has 0 aromatic carbocycles. The highest BCUT2D eigenvalue weighted by Crippen LogP contribution is 2.22. The van der Waals surface area contributed by atoms with E-state index in [9.17, 15) is 0 Å². The van der Waals surface area contributed by atoms with Crippen LogP contribution < -0.4 is 0 Å². The van der Waals surface area contributed by atoms with Crippen molar-refractivity contribution in [1.82, 2.24) is 19.9 Å². The molecule has 0 fully saturated rings. The van der Waals surface area contributed by atoms with Gasteiger partial charge in [-0.25, -0.2) is 0 Å². The number of hydrogen-bond acceptors (Lipinski definition) is 5. The molecule has 0 radical (unpaired) electrons. The molecule has 2 aromatic rings. The maximum atomic E-state index is 5.24. The summed E-state index contributed by atoms with van der Waals surface area (Å²) in [6.07, 6.45) is 2.01. The van der Waals surface area contributed by atoms with E-state index in [0.717, 1.165) is 23.0 Å². The van der Waals surface area contributed by atoms with Crippen molar-refractivity contribution < 1.29 is 4.52 Å². The topological polar surface area (TPSA) is 56.7 Å². The third-order valence-electron chi connectivity index (χ3n) is 2.45. The molecule has 2 heterocycles. The zero-order valence-electron chi connectivity index (χ0n) is 10.5. The molecule has 0 aliphatic heterocycles. The number of hydrogen-bond donors (Lipinski definition) is 0. The van der Waals surface area contributed by atoms with Crippen LogP contribution in [0.4, 0.5) is 0 Å². The Labute approximate surface area is 105 Å². The van der Waals surface area contributed by atoms with Crippen molar-refractivity contribution in [2.75, 3.05) is 6.26 Å². The lowest BCUT2D eigenvalue weighted by Gasteiger charge is -1.95. The summed E-state index contributed by atoms with van der Waals surface area (Å²) in [5.74, 6) is 2.41. The standard InChI is InChI=1S/C11H16N4OS/c1-7(2)8-5-9(15(3)13-8)11-12-10(6-17-4)14-16-11/h5,7H,6H2,1-4H3. The highest BCUT2D eigenvalue weighted by atomic mass is 32.2. The van der Waals surface area contributed by atoms with E-state index in [0.29, 0.717) is 11.8 Å². The maximum Gasteiger partial charge on any atom is 0.276 e. The SMILES string of the molecule is CSCc1noc(-c2cc(C(C)C)nn2C)n1. The monoisotopic (exact) mass is 252 g/mol. The van der Waals surface area contributed by atoms with Crippen LogP contribution in [0.1, 0.15) is 31.3 Å². The fraction of sp³-hybridized carbons (Fsp3) is 0.545. The summed E-state index contributed by atoms with van der Waals surface area (Å²) in [5, 5.41) is 8.35. The van der Waals surface area contributed by atoms with Gasteiger partial charge < -0.3 is 4.52 Å². The second kappa shape index (κ2) is 4.91. The van der Waals surface area contributed by atoms with Crippen LogP contribution in [-0.2, 0) is 12.8 Å². The molecule has 0 N–H and O–H groups in total. The van der Waals surface area contributed by atoms with Gasteiger partial charge in [-0.05, 0) is 18.2 Å². The fourth-order valence-electron chi connectivity index (χ4n) is 1.52. The van der Waals surface area contributed by atoms with Crippen molar-refractivity contribution in [2.24, 2.45) is 7.05 Å². The summed E-state index contributed by atoms with van der Waals surface area (Å²) in [5.41, 5.74) is 1.90. The number of aryl methyl sites for hydroxylation is 1. The van der Waals surface area contributed by atoms with Crippen LogP contribution in [-0.4, -0.2) is 26.2 Å². The van der Waals surface area contributed by atoms with E-state index >= 15 is 0 Å². The number of rotatable bonds is 4. The molecule has 0 saturated heterocycles. The van der Waals surface area contributed by atoms with Crippen molar-refractivity contribution >= 4 is 11.8 Å². The molecule has 0 spiro atoms. The van der Waals surface area contributed by atoms with Crippen molar-refractivity contribution in [3.63, 3.8) is 0 Å². The van der Waals surface area contributed by atoms with Gasteiger partial charge in [0.25, 0.3) is 5.89 Å². The van der Waals surface area contributed by atoms with Gasteiger partial charge in [0.05, 0.1) is 11.4 Å². The van der Waals surface area contributed by atoms with Gasteiger partial charge in [-0.15, -0.1) is 0 Å². The molecule has 92 valence electrons. The Morgan fingerprint density at radius 3 is 2.82 bits per heavy atom. The Balaban J connectivity index is 2.31. The molecule has 0 aliphatic carbocycles. The minimum absolute atomic E-state index is 0.392. The second-order valence-electron chi connectivity index (χ2n) is 4.18. The second-order valence-corrected chi connectivity index (χ2v) is 5.05. The van der Waals surface area contributed by atoms with E-state index in [2.05, 4.69) is 29.1 Å². The molecule has 0 unspecified atom stereocenters. The van der Waals surface area contributed by atoms with Crippen molar-refractivity contribution in [1.29, 1.82) is 0 Å². The highest BCUT2D eigenvalue weighted by molar-refractivity contribution is 7.97. The average Bonchev–Trinajstić information content (AvgIpc) is 2.85. The maximum absolute atomic E-state index is 5.24. The van der Waals surface area contributed by atoms with Gasteiger partial charge in [0.2, 0.25) is 0 Å². The first-order valence-corrected chi connectivity index (χ1v) is 6.87. The fourth-order valence-corrected chi connectivity index (χ4v) is 1.89. The van der Waals surface area contributed by atoms with Gasteiger partial charge in [0, 0.05) is 7.05 Å². The molecule has 0 amide bonds. The summed E-state index contributed by atoms with van der Waals surface area (Å²) in [4.78, 5) is 4.34. The van der Waals surface area contributed by atoms with Crippen molar-refractivity contribution in [2.45, 2.75) is 25.5 Å². The molecular formula is C11H16N4OS. The molecular weight excluding hydrogens is 236 g/mol. The zero-order chi connectivity index (χ0) is 12.4. The Kier molecular flexibility index (Phi) is 3.51. The van der Waals surface area contributed by atoms with E-state index < -0.39 is 0 Å². The average molecular weight is 252 g/mol. The summed E-state index contributed by atoms with van der Waals surface area (Å²) in [7, 11) is 1.89. The molecule has 0 aliphatic rings. The van der Waals surface area contributed by atoms with Crippen LogP contribution in [0, 0.1) is 0 Å². The lowest BCUT2D eigenvalue weighted by atomic mass is 10.1.